The number of benzene rings is 1. The van der Waals surface area contributed by atoms with Crippen molar-refractivity contribution in [1.29, 1.82) is 5.26 Å². The maximum Gasteiger partial charge on any atom is 0.234 e. The predicted octanol–water partition coefficient (Wildman–Crippen LogP) is 2.39. The normalized spacial score (nSPS) is 21.6. The average Bonchev–Trinajstić information content (AvgIpc) is 3.27. The number of hydrogen-bond donors (Lipinski definition) is 1. The highest BCUT2D eigenvalue weighted by Gasteiger charge is 2.30. The van der Waals surface area contributed by atoms with E-state index in [4.69, 9.17) is 9.72 Å². The van der Waals surface area contributed by atoms with Crippen molar-refractivity contribution < 1.29 is 4.74 Å². The van der Waals surface area contributed by atoms with Crippen LogP contribution in [0.4, 0.5) is 5.82 Å². The molecule has 33 heavy (non-hydrogen) atoms. The number of hydrogen-bond acceptors (Lipinski definition) is 7. The topological polar surface area (TPSA) is 67.7 Å². The van der Waals surface area contributed by atoms with Gasteiger partial charge in [-0.1, -0.05) is 30.3 Å². The van der Waals surface area contributed by atoms with Crippen LogP contribution in [0.5, 0.6) is 5.88 Å². The molecule has 1 atom stereocenters. The third kappa shape index (κ3) is 4.84. The van der Waals surface area contributed by atoms with Crippen molar-refractivity contribution >= 4 is 5.82 Å². The number of piperazine rings is 1. The first-order valence-corrected chi connectivity index (χ1v) is 12.2. The predicted molar refractivity (Wildman–Crippen MR) is 129 cm³/mol. The number of nitriles is 1. The quantitative estimate of drug-likeness (QED) is 0.731. The first-order chi connectivity index (χ1) is 16.2. The lowest BCUT2D eigenvalue weighted by atomic mass is 9.95. The number of aromatic nitrogens is 1. The van der Waals surface area contributed by atoms with Crippen LogP contribution < -0.4 is 15.0 Å². The summed E-state index contributed by atoms with van der Waals surface area (Å²) in [6, 6.07) is 13.4. The van der Waals surface area contributed by atoms with Gasteiger partial charge in [-0.15, -0.1) is 0 Å². The monoisotopic (exact) mass is 446 g/mol. The molecule has 3 aliphatic heterocycles. The molecule has 2 fully saturated rings. The van der Waals surface area contributed by atoms with Gasteiger partial charge in [-0.3, -0.25) is 4.90 Å². The van der Waals surface area contributed by atoms with Crippen molar-refractivity contribution in [2.24, 2.45) is 0 Å². The minimum Gasteiger partial charge on any atom is -0.475 e. The molecule has 7 heteroatoms. The SMILES string of the molecule is CN1CCC[C@H]1COc1nc(N2CCNCC2)c2c(c1C#N)CN(Cc1ccccc1)CC2. The van der Waals surface area contributed by atoms with Crippen molar-refractivity contribution in [2.45, 2.75) is 38.4 Å². The van der Waals surface area contributed by atoms with E-state index in [2.05, 4.69) is 63.5 Å². The number of ether oxygens (including phenoxy) is 1. The molecule has 0 saturated carbocycles. The summed E-state index contributed by atoms with van der Waals surface area (Å²) in [5.41, 5.74) is 4.28. The Balaban J connectivity index is 1.46. The molecule has 0 aliphatic carbocycles. The molecular formula is C26H34N6O. The number of fused-ring (bicyclic) bond motifs is 1. The Hall–Kier alpha value is -2.66. The highest BCUT2D eigenvalue weighted by atomic mass is 16.5. The molecule has 0 amide bonds. The zero-order chi connectivity index (χ0) is 22.6. The molecule has 2 saturated heterocycles. The van der Waals surface area contributed by atoms with Crippen molar-refractivity contribution in [3.8, 4) is 11.9 Å². The van der Waals surface area contributed by atoms with Crippen LogP contribution in [-0.4, -0.2) is 73.7 Å². The van der Waals surface area contributed by atoms with Crippen molar-refractivity contribution in [2.75, 3.05) is 57.8 Å². The van der Waals surface area contributed by atoms with Crippen LogP contribution in [0.1, 0.15) is 35.1 Å². The molecule has 0 spiro atoms. The van der Waals surface area contributed by atoms with E-state index in [-0.39, 0.29) is 0 Å². The van der Waals surface area contributed by atoms with Gasteiger partial charge in [0.2, 0.25) is 5.88 Å². The minimum absolute atomic E-state index is 0.395. The Morgan fingerprint density at radius 3 is 2.67 bits per heavy atom. The van der Waals surface area contributed by atoms with Crippen LogP contribution in [0.25, 0.3) is 0 Å². The molecule has 1 aromatic heterocycles. The zero-order valence-corrected chi connectivity index (χ0v) is 19.6. The average molecular weight is 447 g/mol. The molecule has 7 nitrogen and oxygen atoms in total. The molecular weight excluding hydrogens is 412 g/mol. The Bertz CT molecular complexity index is 998. The van der Waals surface area contributed by atoms with Crippen LogP contribution in [0.2, 0.25) is 0 Å². The molecule has 174 valence electrons. The molecule has 5 rings (SSSR count). The second kappa shape index (κ2) is 10.1. The molecule has 1 aromatic carbocycles. The lowest BCUT2D eigenvalue weighted by Gasteiger charge is -2.35. The van der Waals surface area contributed by atoms with Crippen molar-refractivity contribution in [3.63, 3.8) is 0 Å². The van der Waals surface area contributed by atoms with Crippen molar-refractivity contribution in [1.82, 2.24) is 20.1 Å². The van der Waals surface area contributed by atoms with Crippen LogP contribution >= 0.6 is 0 Å². The number of pyridine rings is 1. The summed E-state index contributed by atoms with van der Waals surface area (Å²) in [4.78, 5) is 12.2. The van der Waals surface area contributed by atoms with E-state index in [1.54, 1.807) is 0 Å². The van der Waals surface area contributed by atoms with E-state index in [1.165, 1.54) is 17.5 Å². The summed E-state index contributed by atoms with van der Waals surface area (Å²) in [6.45, 7) is 8.10. The molecule has 0 radical (unpaired) electrons. The maximum absolute atomic E-state index is 10.2. The molecule has 0 bridgehead atoms. The van der Waals surface area contributed by atoms with Gasteiger partial charge in [0.1, 0.15) is 24.1 Å². The first-order valence-electron chi connectivity index (χ1n) is 12.2. The van der Waals surface area contributed by atoms with Crippen LogP contribution in [0.15, 0.2) is 30.3 Å². The lowest BCUT2D eigenvalue weighted by molar-refractivity contribution is 0.191. The fraction of sp³-hybridized carbons (Fsp3) is 0.538. The molecule has 0 unspecified atom stereocenters. The van der Waals surface area contributed by atoms with Gasteiger partial charge in [-0.25, -0.2) is 0 Å². The van der Waals surface area contributed by atoms with Crippen LogP contribution in [0, 0.1) is 11.3 Å². The second-order valence-corrected chi connectivity index (χ2v) is 9.46. The number of likely N-dealkylation sites (N-methyl/N-ethyl adjacent to an activating group) is 1. The van der Waals surface area contributed by atoms with Crippen LogP contribution in [0.3, 0.4) is 0 Å². The Labute approximate surface area is 197 Å². The standard InChI is InChI=1S/C26H34N6O/c1-30-12-5-8-21(30)19-33-26-23(16-27)24-18-31(17-20-6-3-2-4-7-20)13-9-22(24)25(29-26)32-14-10-28-11-15-32/h2-4,6-7,21,28H,5,8-15,17-19H2,1H3/t21-/m0/s1. The fourth-order valence-corrected chi connectivity index (χ4v) is 5.34. The smallest absolute Gasteiger partial charge is 0.234 e. The van der Waals surface area contributed by atoms with E-state index in [9.17, 15) is 5.26 Å². The Morgan fingerprint density at radius 2 is 1.94 bits per heavy atom. The summed E-state index contributed by atoms with van der Waals surface area (Å²) >= 11 is 0. The van der Waals surface area contributed by atoms with Gasteiger partial charge in [-0.05, 0) is 44.0 Å². The second-order valence-electron chi connectivity index (χ2n) is 9.46. The van der Waals surface area contributed by atoms with E-state index >= 15 is 0 Å². The highest BCUT2D eigenvalue weighted by Crippen LogP contribution is 2.35. The molecule has 1 N–H and O–H groups in total. The van der Waals surface area contributed by atoms with Gasteiger partial charge in [0, 0.05) is 57.4 Å². The van der Waals surface area contributed by atoms with E-state index in [1.807, 2.05) is 0 Å². The van der Waals surface area contributed by atoms with Gasteiger partial charge >= 0.3 is 0 Å². The minimum atomic E-state index is 0.395. The number of nitrogens with one attached hydrogen (secondary N) is 1. The van der Waals surface area contributed by atoms with Gasteiger partial charge in [-0.2, -0.15) is 10.2 Å². The third-order valence-corrected chi connectivity index (χ3v) is 7.28. The fourth-order valence-electron chi connectivity index (χ4n) is 5.34. The van der Waals surface area contributed by atoms with Gasteiger partial charge in [0.15, 0.2) is 0 Å². The highest BCUT2D eigenvalue weighted by molar-refractivity contribution is 5.61. The number of anilines is 1. The van der Waals surface area contributed by atoms with Crippen molar-refractivity contribution in [3.05, 3.63) is 52.6 Å². The summed E-state index contributed by atoms with van der Waals surface area (Å²) < 4.78 is 6.30. The van der Waals surface area contributed by atoms with E-state index in [0.717, 1.165) is 76.6 Å². The maximum atomic E-state index is 10.2. The summed E-state index contributed by atoms with van der Waals surface area (Å²) in [5.74, 6) is 1.55. The molecule has 2 aromatic rings. The molecule has 3 aliphatic rings. The first kappa shape index (κ1) is 22.1. The molecule has 4 heterocycles. The number of likely N-dealkylation sites (tertiary alicyclic amines) is 1. The summed E-state index contributed by atoms with van der Waals surface area (Å²) in [7, 11) is 2.15. The lowest BCUT2D eigenvalue weighted by Crippen LogP contribution is -2.45. The Kier molecular flexibility index (Phi) is 6.77. The number of rotatable bonds is 6. The van der Waals surface area contributed by atoms with Gasteiger partial charge < -0.3 is 19.9 Å². The third-order valence-electron chi connectivity index (χ3n) is 7.28. The Morgan fingerprint density at radius 1 is 1.12 bits per heavy atom. The van der Waals surface area contributed by atoms with E-state index < -0.39 is 0 Å². The zero-order valence-electron chi connectivity index (χ0n) is 19.6. The van der Waals surface area contributed by atoms with Crippen LogP contribution in [-0.2, 0) is 19.5 Å². The summed E-state index contributed by atoms with van der Waals surface area (Å²) in [6.07, 6.45) is 3.25. The number of nitrogens with zero attached hydrogens (tertiary/aromatic N) is 5. The van der Waals surface area contributed by atoms with E-state index in [0.29, 0.717) is 24.1 Å². The summed E-state index contributed by atoms with van der Waals surface area (Å²) in [5, 5.41) is 13.6. The van der Waals surface area contributed by atoms with Gasteiger partial charge in [0.25, 0.3) is 0 Å². The largest absolute Gasteiger partial charge is 0.475 e. The van der Waals surface area contributed by atoms with Gasteiger partial charge in [0.05, 0.1) is 0 Å².